The van der Waals surface area contributed by atoms with Crippen molar-refractivity contribution in [3.63, 3.8) is 0 Å². The number of aromatic nitrogens is 4. The van der Waals surface area contributed by atoms with Crippen molar-refractivity contribution in [3.8, 4) is 0 Å². The van der Waals surface area contributed by atoms with Gasteiger partial charge in [-0.25, -0.2) is 14.8 Å². The van der Waals surface area contributed by atoms with Gasteiger partial charge in [0.1, 0.15) is 11.6 Å². The molecule has 8 heteroatoms. The van der Waals surface area contributed by atoms with E-state index in [9.17, 15) is 9.59 Å². The van der Waals surface area contributed by atoms with Crippen LogP contribution in [0.25, 0.3) is 11.0 Å². The molecule has 0 saturated heterocycles. The fourth-order valence-electron chi connectivity index (χ4n) is 3.45. The number of imidazole rings is 1. The fourth-order valence-corrected chi connectivity index (χ4v) is 3.45. The number of fused-ring (bicyclic) bond motifs is 2. The zero-order valence-corrected chi connectivity index (χ0v) is 15.6. The van der Waals surface area contributed by atoms with E-state index in [0.717, 1.165) is 22.4 Å². The molecular formula is C19H22N6O2. The highest BCUT2D eigenvalue weighted by Crippen LogP contribution is 2.22. The van der Waals surface area contributed by atoms with Crippen LogP contribution in [0.3, 0.4) is 0 Å². The maximum Gasteiger partial charge on any atom is 0.318 e. The molecule has 3 heterocycles. The second-order valence-electron chi connectivity index (χ2n) is 6.99. The largest absolute Gasteiger partial charge is 0.340 e. The Morgan fingerprint density at radius 3 is 2.85 bits per heavy atom. The van der Waals surface area contributed by atoms with E-state index < -0.39 is 0 Å². The van der Waals surface area contributed by atoms with Gasteiger partial charge in [0.25, 0.3) is 5.56 Å². The van der Waals surface area contributed by atoms with Crippen molar-refractivity contribution in [2.24, 2.45) is 0 Å². The molecule has 1 unspecified atom stereocenters. The molecule has 140 valence electrons. The summed E-state index contributed by atoms with van der Waals surface area (Å²) in [7, 11) is 0. The number of rotatable bonds is 3. The highest BCUT2D eigenvalue weighted by Gasteiger charge is 2.29. The summed E-state index contributed by atoms with van der Waals surface area (Å²) in [5.74, 6) is 1.29. The van der Waals surface area contributed by atoms with Crippen LogP contribution in [-0.2, 0) is 13.1 Å². The van der Waals surface area contributed by atoms with E-state index in [0.29, 0.717) is 30.0 Å². The van der Waals surface area contributed by atoms with Crippen LogP contribution in [0.15, 0.2) is 23.0 Å². The van der Waals surface area contributed by atoms with Gasteiger partial charge in [0, 0.05) is 0 Å². The maximum absolute atomic E-state index is 12.8. The van der Waals surface area contributed by atoms with Gasteiger partial charge in [-0.05, 0) is 38.0 Å². The first-order valence-electron chi connectivity index (χ1n) is 9.05. The average Bonchev–Trinajstić information content (AvgIpc) is 3.23. The number of aryl methyl sites for hydroxylation is 2. The van der Waals surface area contributed by atoms with Crippen molar-refractivity contribution in [1.29, 1.82) is 0 Å². The summed E-state index contributed by atoms with van der Waals surface area (Å²) in [6.07, 6.45) is 0.698. The molecule has 4 rings (SSSR count). The third-order valence-electron chi connectivity index (χ3n) is 4.89. The van der Waals surface area contributed by atoms with Crippen molar-refractivity contribution in [2.45, 2.75) is 46.3 Å². The Bertz CT molecular complexity index is 1080. The maximum atomic E-state index is 12.8. The number of nitrogens with zero attached hydrogens (tertiary/aromatic N) is 3. The monoisotopic (exact) mass is 366 g/mol. The number of benzene rings is 1. The summed E-state index contributed by atoms with van der Waals surface area (Å²) < 4.78 is 0. The number of nitrogens with one attached hydrogen (secondary N) is 3. The topological polar surface area (TPSA) is 107 Å². The lowest BCUT2D eigenvalue weighted by atomic mass is 10.2. The fraction of sp³-hybridized carbons (Fsp3) is 0.368. The number of H-pyrrole nitrogens is 2. The molecule has 0 saturated carbocycles. The first-order valence-corrected chi connectivity index (χ1v) is 9.05. The molecule has 27 heavy (non-hydrogen) atoms. The van der Waals surface area contributed by atoms with Gasteiger partial charge in [0.2, 0.25) is 0 Å². The van der Waals surface area contributed by atoms with Crippen LogP contribution in [0.2, 0.25) is 0 Å². The molecule has 3 N–H and O–H groups in total. The van der Waals surface area contributed by atoms with E-state index in [4.69, 9.17) is 0 Å². The van der Waals surface area contributed by atoms with Crippen molar-refractivity contribution >= 4 is 17.1 Å². The van der Waals surface area contributed by atoms with Gasteiger partial charge in [0.05, 0.1) is 41.4 Å². The summed E-state index contributed by atoms with van der Waals surface area (Å²) >= 11 is 0. The first kappa shape index (κ1) is 17.3. The minimum Gasteiger partial charge on any atom is -0.340 e. The van der Waals surface area contributed by atoms with Crippen LogP contribution in [0, 0.1) is 13.8 Å². The predicted molar refractivity (Wildman–Crippen MR) is 101 cm³/mol. The molecule has 2 amide bonds. The molecule has 2 aromatic heterocycles. The normalized spacial score (nSPS) is 14.4. The van der Waals surface area contributed by atoms with E-state index in [1.807, 2.05) is 32.0 Å². The van der Waals surface area contributed by atoms with Gasteiger partial charge in [-0.15, -0.1) is 0 Å². The van der Waals surface area contributed by atoms with Crippen molar-refractivity contribution in [3.05, 3.63) is 57.0 Å². The smallest absolute Gasteiger partial charge is 0.318 e. The van der Waals surface area contributed by atoms with Crippen LogP contribution in [0.1, 0.15) is 47.9 Å². The quantitative estimate of drug-likeness (QED) is 0.662. The van der Waals surface area contributed by atoms with E-state index in [1.165, 1.54) is 0 Å². The molecule has 0 bridgehead atoms. The summed E-state index contributed by atoms with van der Waals surface area (Å²) in [6.45, 7) is 6.36. The Labute approximate surface area is 156 Å². The van der Waals surface area contributed by atoms with Gasteiger partial charge < -0.3 is 20.2 Å². The number of urea groups is 1. The number of hydrogen-bond acceptors (Lipinski definition) is 4. The van der Waals surface area contributed by atoms with Gasteiger partial charge in [-0.1, -0.05) is 13.0 Å². The number of hydrogen-bond donors (Lipinski definition) is 3. The number of aromatic amines is 2. The van der Waals surface area contributed by atoms with E-state index >= 15 is 0 Å². The minimum atomic E-state index is -0.234. The molecule has 0 spiro atoms. The van der Waals surface area contributed by atoms with Gasteiger partial charge in [-0.2, -0.15) is 0 Å². The predicted octanol–water partition coefficient (Wildman–Crippen LogP) is 2.44. The Kier molecular flexibility index (Phi) is 4.18. The second-order valence-corrected chi connectivity index (χ2v) is 6.99. The highest BCUT2D eigenvalue weighted by molar-refractivity contribution is 5.77. The molecule has 0 radical (unpaired) electrons. The van der Waals surface area contributed by atoms with Crippen molar-refractivity contribution in [1.82, 2.24) is 30.2 Å². The SMILES string of the molecule is CCC(NC(=O)N1Cc2nc(C)[nH]c(=O)c2C1)c1nc2ccc(C)cc2[nH]1. The molecule has 3 aromatic rings. The zero-order valence-electron chi connectivity index (χ0n) is 15.6. The van der Waals surface area contributed by atoms with Crippen molar-refractivity contribution < 1.29 is 4.79 Å². The summed E-state index contributed by atoms with van der Waals surface area (Å²) in [6, 6.07) is 5.56. The van der Waals surface area contributed by atoms with Crippen LogP contribution < -0.4 is 10.9 Å². The molecule has 1 aliphatic heterocycles. The average molecular weight is 366 g/mol. The van der Waals surface area contributed by atoms with Crippen LogP contribution in [0.4, 0.5) is 4.79 Å². The molecule has 0 fully saturated rings. The van der Waals surface area contributed by atoms with E-state index in [1.54, 1.807) is 11.8 Å². The first-order chi connectivity index (χ1) is 12.9. The zero-order chi connectivity index (χ0) is 19.1. The second kappa shape index (κ2) is 6.53. The van der Waals surface area contributed by atoms with Crippen LogP contribution >= 0.6 is 0 Å². The molecule has 0 aliphatic carbocycles. The summed E-state index contributed by atoms with van der Waals surface area (Å²) in [4.78, 5) is 41.4. The van der Waals surface area contributed by atoms with Crippen LogP contribution in [0.5, 0.6) is 0 Å². The van der Waals surface area contributed by atoms with Gasteiger partial charge in [-0.3, -0.25) is 4.79 Å². The summed E-state index contributed by atoms with van der Waals surface area (Å²) in [5.41, 5.74) is 4.03. The number of amides is 2. The van der Waals surface area contributed by atoms with Gasteiger partial charge >= 0.3 is 6.03 Å². The Hall–Kier alpha value is -3.16. The Morgan fingerprint density at radius 2 is 2.07 bits per heavy atom. The minimum absolute atomic E-state index is 0.174. The Balaban J connectivity index is 1.52. The standard InChI is InChI=1S/C19H22N6O2/c1-4-13(17-22-14-6-5-10(2)7-15(14)23-17)24-19(27)25-8-12-16(9-25)20-11(3)21-18(12)26/h5-7,13H,4,8-9H2,1-3H3,(H,22,23)(H,24,27)(H,20,21,26). The number of carbonyl (C=O) groups is 1. The summed E-state index contributed by atoms with van der Waals surface area (Å²) in [5, 5.41) is 3.02. The van der Waals surface area contributed by atoms with E-state index in [-0.39, 0.29) is 24.2 Å². The molecule has 1 aromatic carbocycles. The van der Waals surface area contributed by atoms with Crippen molar-refractivity contribution in [2.75, 3.05) is 0 Å². The van der Waals surface area contributed by atoms with Crippen LogP contribution in [-0.4, -0.2) is 30.9 Å². The lowest BCUT2D eigenvalue weighted by molar-refractivity contribution is 0.193. The van der Waals surface area contributed by atoms with E-state index in [2.05, 4.69) is 25.3 Å². The Morgan fingerprint density at radius 1 is 1.26 bits per heavy atom. The third kappa shape index (κ3) is 3.18. The third-order valence-corrected chi connectivity index (χ3v) is 4.89. The van der Waals surface area contributed by atoms with Gasteiger partial charge in [0.15, 0.2) is 0 Å². The molecule has 1 aliphatic rings. The lowest BCUT2D eigenvalue weighted by Crippen LogP contribution is -2.39. The lowest BCUT2D eigenvalue weighted by Gasteiger charge is -2.20. The number of carbonyl (C=O) groups excluding carboxylic acids is 1. The molecule has 8 nitrogen and oxygen atoms in total. The molecule has 1 atom stereocenters. The highest BCUT2D eigenvalue weighted by atomic mass is 16.2. The molecular weight excluding hydrogens is 344 g/mol.